The monoisotopic (exact) mass is 587 g/mol. The van der Waals surface area contributed by atoms with Crippen molar-refractivity contribution in [3.05, 3.63) is 95.6 Å². The molecule has 2 saturated heterocycles. The van der Waals surface area contributed by atoms with Crippen LogP contribution in [0.1, 0.15) is 52.0 Å². The molecule has 0 saturated carbocycles. The van der Waals surface area contributed by atoms with Crippen LogP contribution in [-0.2, 0) is 16.1 Å². The molecule has 9 heteroatoms. The molecule has 44 heavy (non-hydrogen) atoms. The summed E-state index contributed by atoms with van der Waals surface area (Å²) in [5, 5.41) is 7.79. The predicted molar refractivity (Wildman–Crippen MR) is 167 cm³/mol. The quantitative estimate of drug-likeness (QED) is 0.325. The molecule has 3 aliphatic rings. The van der Waals surface area contributed by atoms with Gasteiger partial charge in [-0.1, -0.05) is 48.5 Å². The molecule has 0 aliphatic carbocycles. The Morgan fingerprint density at radius 1 is 0.886 bits per heavy atom. The lowest BCUT2D eigenvalue weighted by Gasteiger charge is -2.33. The number of amides is 4. The van der Waals surface area contributed by atoms with E-state index in [1.807, 2.05) is 0 Å². The number of nitrogens with zero attached hydrogens (tertiary/aromatic N) is 3. The first kappa shape index (κ1) is 27.8. The molecular formula is C35H33N5O4. The molecule has 222 valence electrons. The standard InChI is InChI=1S/C35H33N5O4/c41-32-14-13-30(34(43)38-32)40-21-25-19-24(11-12-27(25)35(40)44)33(42)36-20-22-15-17-39(18-16-22)31-10-4-9-29(37-31)28-8-3-6-23-5-1-2-7-26(23)28/h1-12,19,22,30H,13-18,20-21H2,(H,36,42)(H,38,41,43). The van der Waals surface area contributed by atoms with E-state index in [4.69, 9.17) is 4.98 Å². The van der Waals surface area contributed by atoms with Crippen molar-refractivity contribution in [2.75, 3.05) is 24.5 Å². The molecule has 1 atom stereocenters. The van der Waals surface area contributed by atoms with Crippen LogP contribution in [0.5, 0.6) is 0 Å². The average molecular weight is 588 g/mol. The second-order valence-electron chi connectivity index (χ2n) is 11.8. The summed E-state index contributed by atoms with van der Waals surface area (Å²) in [6.07, 6.45) is 2.40. The molecule has 2 fully saturated rings. The zero-order chi connectivity index (χ0) is 30.2. The Labute approximate surface area is 255 Å². The molecule has 1 aromatic heterocycles. The Bertz CT molecular complexity index is 1790. The minimum Gasteiger partial charge on any atom is -0.357 e. The lowest BCUT2D eigenvalue weighted by molar-refractivity contribution is -0.136. The highest BCUT2D eigenvalue weighted by Gasteiger charge is 2.39. The maximum atomic E-state index is 13.1. The SMILES string of the molecule is O=C1CCC(N2Cc3cc(C(=O)NCC4CCN(c5cccc(-c6cccc7ccccc67)n5)CC4)ccc3C2=O)C(=O)N1. The van der Waals surface area contributed by atoms with E-state index in [0.717, 1.165) is 48.6 Å². The van der Waals surface area contributed by atoms with Crippen molar-refractivity contribution >= 4 is 40.2 Å². The highest BCUT2D eigenvalue weighted by molar-refractivity contribution is 6.06. The number of rotatable bonds is 6. The summed E-state index contributed by atoms with van der Waals surface area (Å²) in [5.74, 6) is 0.145. The molecule has 3 aliphatic heterocycles. The maximum Gasteiger partial charge on any atom is 0.255 e. The molecule has 4 heterocycles. The normalized spacial score (nSPS) is 18.8. The van der Waals surface area contributed by atoms with E-state index in [2.05, 4.69) is 76.2 Å². The number of aromatic nitrogens is 1. The third-order valence-corrected chi connectivity index (χ3v) is 9.08. The van der Waals surface area contributed by atoms with Gasteiger partial charge in [0.15, 0.2) is 0 Å². The summed E-state index contributed by atoms with van der Waals surface area (Å²) < 4.78 is 0. The van der Waals surface area contributed by atoms with Crippen LogP contribution in [-0.4, -0.2) is 59.2 Å². The zero-order valence-corrected chi connectivity index (χ0v) is 24.3. The highest BCUT2D eigenvalue weighted by atomic mass is 16.2. The van der Waals surface area contributed by atoms with Crippen LogP contribution in [0.3, 0.4) is 0 Å². The van der Waals surface area contributed by atoms with Gasteiger partial charge in [0.25, 0.3) is 11.8 Å². The van der Waals surface area contributed by atoms with Gasteiger partial charge in [-0.3, -0.25) is 24.5 Å². The van der Waals surface area contributed by atoms with E-state index in [1.54, 1.807) is 18.2 Å². The minimum absolute atomic E-state index is 0.174. The number of carbonyl (C=O) groups excluding carboxylic acids is 4. The topological polar surface area (TPSA) is 112 Å². The van der Waals surface area contributed by atoms with Gasteiger partial charge in [0.05, 0.1) is 5.69 Å². The van der Waals surface area contributed by atoms with Gasteiger partial charge in [-0.25, -0.2) is 4.98 Å². The van der Waals surface area contributed by atoms with Crippen LogP contribution >= 0.6 is 0 Å². The van der Waals surface area contributed by atoms with Gasteiger partial charge >= 0.3 is 0 Å². The van der Waals surface area contributed by atoms with Gasteiger partial charge in [-0.15, -0.1) is 0 Å². The number of pyridine rings is 1. The van der Waals surface area contributed by atoms with Gasteiger partial charge in [-0.05, 0) is 71.8 Å². The Hall–Kier alpha value is -5.05. The Morgan fingerprint density at radius 3 is 2.52 bits per heavy atom. The summed E-state index contributed by atoms with van der Waals surface area (Å²) in [6.45, 7) is 2.55. The number of fused-ring (bicyclic) bond motifs is 2. The lowest BCUT2D eigenvalue weighted by Crippen LogP contribution is -2.52. The van der Waals surface area contributed by atoms with Crippen molar-refractivity contribution in [1.29, 1.82) is 0 Å². The number of nitrogens with one attached hydrogen (secondary N) is 2. The van der Waals surface area contributed by atoms with Crippen LogP contribution in [0.15, 0.2) is 78.9 Å². The number of carbonyl (C=O) groups is 4. The van der Waals surface area contributed by atoms with Gasteiger partial charge in [0, 0.05) is 49.3 Å². The molecule has 9 nitrogen and oxygen atoms in total. The molecular weight excluding hydrogens is 554 g/mol. The molecule has 0 spiro atoms. The lowest BCUT2D eigenvalue weighted by atomic mass is 9.96. The van der Waals surface area contributed by atoms with Gasteiger partial charge in [-0.2, -0.15) is 0 Å². The minimum atomic E-state index is -0.674. The number of piperidine rings is 2. The van der Waals surface area contributed by atoms with Crippen LogP contribution in [0.4, 0.5) is 5.82 Å². The van der Waals surface area contributed by atoms with E-state index in [-0.39, 0.29) is 30.7 Å². The Kier molecular flexibility index (Phi) is 7.29. The highest BCUT2D eigenvalue weighted by Crippen LogP contribution is 2.31. The van der Waals surface area contributed by atoms with E-state index in [1.165, 1.54) is 15.7 Å². The zero-order valence-electron chi connectivity index (χ0n) is 24.3. The van der Waals surface area contributed by atoms with Crippen LogP contribution in [0, 0.1) is 5.92 Å². The van der Waals surface area contributed by atoms with E-state index in [9.17, 15) is 19.2 Å². The van der Waals surface area contributed by atoms with Crippen molar-refractivity contribution in [2.45, 2.75) is 38.3 Å². The van der Waals surface area contributed by atoms with Gasteiger partial charge < -0.3 is 15.1 Å². The molecule has 1 unspecified atom stereocenters. The first-order valence-corrected chi connectivity index (χ1v) is 15.2. The number of anilines is 1. The summed E-state index contributed by atoms with van der Waals surface area (Å²) in [7, 11) is 0. The molecule has 3 aromatic carbocycles. The van der Waals surface area contributed by atoms with Crippen molar-refractivity contribution < 1.29 is 19.2 Å². The smallest absolute Gasteiger partial charge is 0.255 e. The Morgan fingerprint density at radius 2 is 1.68 bits per heavy atom. The molecule has 7 rings (SSSR count). The summed E-state index contributed by atoms with van der Waals surface area (Å²) in [4.78, 5) is 58.7. The van der Waals surface area contributed by atoms with Crippen LogP contribution in [0.2, 0.25) is 0 Å². The fourth-order valence-corrected chi connectivity index (χ4v) is 6.62. The molecule has 2 N–H and O–H groups in total. The number of hydrogen-bond acceptors (Lipinski definition) is 6. The third kappa shape index (κ3) is 5.30. The van der Waals surface area contributed by atoms with Gasteiger partial charge in [0.1, 0.15) is 11.9 Å². The van der Waals surface area contributed by atoms with Crippen LogP contribution in [0.25, 0.3) is 22.0 Å². The average Bonchev–Trinajstić information content (AvgIpc) is 3.38. The second-order valence-corrected chi connectivity index (χ2v) is 11.8. The fraction of sp³-hybridized carbons (Fsp3) is 0.286. The first-order chi connectivity index (χ1) is 21.4. The maximum absolute atomic E-state index is 13.1. The summed E-state index contributed by atoms with van der Waals surface area (Å²) >= 11 is 0. The molecule has 4 aromatic rings. The van der Waals surface area contributed by atoms with E-state index < -0.39 is 11.9 Å². The number of imide groups is 1. The largest absolute Gasteiger partial charge is 0.357 e. The first-order valence-electron chi connectivity index (χ1n) is 15.2. The third-order valence-electron chi connectivity index (χ3n) is 9.08. The van der Waals surface area contributed by atoms with E-state index >= 15 is 0 Å². The van der Waals surface area contributed by atoms with Crippen molar-refractivity contribution in [3.63, 3.8) is 0 Å². The number of hydrogen-bond donors (Lipinski definition) is 2. The molecule has 0 radical (unpaired) electrons. The van der Waals surface area contributed by atoms with Gasteiger partial charge in [0.2, 0.25) is 11.8 Å². The summed E-state index contributed by atoms with van der Waals surface area (Å²) in [5.41, 5.74) is 3.80. The Balaban J connectivity index is 0.945. The van der Waals surface area contributed by atoms with Crippen molar-refractivity contribution in [1.82, 2.24) is 20.5 Å². The van der Waals surface area contributed by atoms with E-state index in [0.29, 0.717) is 30.0 Å². The fourth-order valence-electron chi connectivity index (χ4n) is 6.62. The molecule has 4 amide bonds. The second kappa shape index (κ2) is 11.6. The summed E-state index contributed by atoms with van der Waals surface area (Å²) in [6, 6.07) is 25.3. The molecule has 0 bridgehead atoms. The van der Waals surface area contributed by atoms with Crippen LogP contribution < -0.4 is 15.5 Å². The predicted octanol–water partition coefficient (Wildman–Crippen LogP) is 4.31. The number of benzene rings is 3. The van der Waals surface area contributed by atoms with Crippen molar-refractivity contribution in [2.24, 2.45) is 5.92 Å². The van der Waals surface area contributed by atoms with Crippen molar-refractivity contribution in [3.8, 4) is 11.3 Å².